The van der Waals surface area contributed by atoms with Crippen LogP contribution in [-0.2, 0) is 17.4 Å². The zero-order valence-electron chi connectivity index (χ0n) is 12.4. The van der Waals surface area contributed by atoms with Crippen LogP contribution in [0.15, 0.2) is 4.52 Å². The van der Waals surface area contributed by atoms with E-state index in [1.165, 1.54) is 0 Å². The predicted octanol–water partition coefficient (Wildman–Crippen LogP) is 2.29. The van der Waals surface area contributed by atoms with E-state index in [0.29, 0.717) is 24.6 Å². The maximum Gasteiger partial charge on any atom is 0.451 e. The number of H-pyrrole nitrogens is 1. The predicted molar refractivity (Wildman–Crippen MR) is 71.3 cm³/mol. The van der Waals surface area contributed by atoms with E-state index in [9.17, 15) is 18.0 Å². The number of aryl methyl sites for hydroxylation is 1. The van der Waals surface area contributed by atoms with Crippen molar-refractivity contribution in [3.05, 3.63) is 17.5 Å². The second kappa shape index (κ2) is 6.75. The van der Waals surface area contributed by atoms with Gasteiger partial charge in [0.15, 0.2) is 5.82 Å². The van der Waals surface area contributed by atoms with Crippen molar-refractivity contribution < 1.29 is 22.5 Å². The van der Waals surface area contributed by atoms with Gasteiger partial charge in [-0.3, -0.25) is 15.2 Å². The summed E-state index contributed by atoms with van der Waals surface area (Å²) < 4.78 is 42.0. The zero-order valence-corrected chi connectivity index (χ0v) is 12.4. The van der Waals surface area contributed by atoms with Crippen molar-refractivity contribution in [2.75, 3.05) is 5.32 Å². The molecule has 0 saturated heterocycles. The molecule has 0 aliphatic carbocycles. The number of anilines is 1. The van der Waals surface area contributed by atoms with Gasteiger partial charge in [0.1, 0.15) is 0 Å². The third kappa shape index (κ3) is 4.76. The number of rotatable bonds is 6. The first-order valence-corrected chi connectivity index (χ1v) is 6.87. The summed E-state index contributed by atoms with van der Waals surface area (Å²) in [6.07, 6.45) is -3.77. The van der Waals surface area contributed by atoms with E-state index in [0.717, 1.165) is 0 Å². The molecule has 2 rings (SSSR count). The smallest absolute Gasteiger partial charge is 0.339 e. The molecule has 0 atom stereocenters. The second-order valence-corrected chi connectivity index (χ2v) is 5.11. The largest absolute Gasteiger partial charge is 0.451 e. The molecule has 0 bridgehead atoms. The van der Waals surface area contributed by atoms with Crippen molar-refractivity contribution in [3.8, 4) is 0 Å². The van der Waals surface area contributed by atoms with Crippen molar-refractivity contribution in [1.29, 1.82) is 0 Å². The first-order valence-electron chi connectivity index (χ1n) is 6.87. The molecule has 0 fully saturated rings. The fourth-order valence-corrected chi connectivity index (χ4v) is 1.64. The number of aromatic nitrogens is 5. The van der Waals surface area contributed by atoms with Gasteiger partial charge in [-0.05, 0) is 6.42 Å². The third-order valence-corrected chi connectivity index (χ3v) is 2.80. The summed E-state index contributed by atoms with van der Waals surface area (Å²) in [7, 11) is 0. The summed E-state index contributed by atoms with van der Waals surface area (Å²) in [6.45, 7) is 3.85. The van der Waals surface area contributed by atoms with Crippen LogP contribution in [0.25, 0.3) is 0 Å². The summed E-state index contributed by atoms with van der Waals surface area (Å²) in [5.41, 5.74) is 0. The molecule has 0 saturated carbocycles. The standard InChI is InChI=1S/C12H15F3N6O2/c1-6(2)9-17-8(23-21-9)5-3-4-7(22)16-11-18-10(19-20-11)12(13,14)15/h6H,3-5H2,1-2H3,(H2,16,18,19,20,22). The van der Waals surface area contributed by atoms with Gasteiger partial charge < -0.3 is 4.52 Å². The van der Waals surface area contributed by atoms with E-state index in [1.807, 2.05) is 13.8 Å². The Hall–Kier alpha value is -2.46. The molecule has 8 nitrogen and oxygen atoms in total. The monoisotopic (exact) mass is 332 g/mol. The molecule has 0 aromatic carbocycles. The Morgan fingerprint density at radius 1 is 1.35 bits per heavy atom. The van der Waals surface area contributed by atoms with Gasteiger partial charge >= 0.3 is 6.18 Å². The lowest BCUT2D eigenvalue weighted by molar-refractivity contribution is -0.144. The molecular weight excluding hydrogens is 317 g/mol. The lowest BCUT2D eigenvalue weighted by Crippen LogP contribution is -2.13. The number of alkyl halides is 3. The maximum absolute atomic E-state index is 12.3. The molecule has 0 aliphatic heterocycles. The van der Waals surface area contributed by atoms with Gasteiger partial charge in [0.05, 0.1) is 0 Å². The van der Waals surface area contributed by atoms with Crippen LogP contribution in [-0.4, -0.2) is 31.2 Å². The number of hydrogen-bond donors (Lipinski definition) is 2. The van der Waals surface area contributed by atoms with E-state index < -0.39 is 23.9 Å². The number of hydrogen-bond acceptors (Lipinski definition) is 6. The van der Waals surface area contributed by atoms with Crippen LogP contribution in [0.3, 0.4) is 0 Å². The van der Waals surface area contributed by atoms with Gasteiger partial charge in [0.25, 0.3) is 0 Å². The van der Waals surface area contributed by atoms with Gasteiger partial charge in [0, 0.05) is 18.8 Å². The third-order valence-electron chi connectivity index (χ3n) is 2.80. The molecule has 0 aliphatic rings. The molecule has 1 amide bonds. The SMILES string of the molecule is CC(C)c1noc(CCCC(=O)Nc2n[nH]c(C(F)(F)F)n2)n1. The molecule has 126 valence electrons. The molecule has 0 unspecified atom stereocenters. The normalized spacial score (nSPS) is 11.9. The fourth-order valence-electron chi connectivity index (χ4n) is 1.64. The molecule has 2 heterocycles. The first-order chi connectivity index (χ1) is 10.8. The van der Waals surface area contributed by atoms with Crippen molar-refractivity contribution >= 4 is 11.9 Å². The molecule has 0 radical (unpaired) electrons. The topological polar surface area (TPSA) is 110 Å². The number of carbonyl (C=O) groups excluding carboxylic acids is 1. The minimum absolute atomic E-state index is 0.0648. The first kappa shape index (κ1) is 16.9. The number of nitrogens with zero attached hydrogens (tertiary/aromatic N) is 4. The Balaban J connectivity index is 1.77. The molecule has 2 aromatic rings. The Morgan fingerprint density at radius 3 is 2.65 bits per heavy atom. The van der Waals surface area contributed by atoms with E-state index in [-0.39, 0.29) is 12.3 Å². The van der Waals surface area contributed by atoms with Crippen LogP contribution in [0, 0.1) is 0 Å². The minimum Gasteiger partial charge on any atom is -0.339 e. The van der Waals surface area contributed by atoms with Crippen LogP contribution >= 0.6 is 0 Å². The molecule has 2 aromatic heterocycles. The number of amides is 1. The van der Waals surface area contributed by atoms with Gasteiger partial charge in [-0.25, -0.2) is 0 Å². The minimum atomic E-state index is -4.64. The van der Waals surface area contributed by atoms with E-state index in [4.69, 9.17) is 4.52 Å². The Morgan fingerprint density at radius 2 is 2.09 bits per heavy atom. The highest BCUT2D eigenvalue weighted by molar-refractivity contribution is 5.88. The van der Waals surface area contributed by atoms with Crippen molar-refractivity contribution in [3.63, 3.8) is 0 Å². The molecule has 11 heteroatoms. The molecule has 23 heavy (non-hydrogen) atoms. The highest BCUT2D eigenvalue weighted by Gasteiger charge is 2.35. The number of halogens is 3. The molecular formula is C12H15F3N6O2. The van der Waals surface area contributed by atoms with E-state index in [2.05, 4.69) is 25.5 Å². The molecule has 2 N–H and O–H groups in total. The fraction of sp³-hybridized carbons (Fsp3) is 0.583. The maximum atomic E-state index is 12.3. The summed E-state index contributed by atoms with van der Waals surface area (Å²) in [5, 5.41) is 11.0. The van der Waals surface area contributed by atoms with Gasteiger partial charge in [-0.2, -0.15) is 23.1 Å². The lowest BCUT2D eigenvalue weighted by atomic mass is 10.2. The van der Waals surface area contributed by atoms with Crippen LogP contribution in [0.2, 0.25) is 0 Å². The van der Waals surface area contributed by atoms with E-state index in [1.54, 1.807) is 5.10 Å². The average molecular weight is 332 g/mol. The second-order valence-electron chi connectivity index (χ2n) is 5.11. The Labute approximate surface area is 128 Å². The summed E-state index contributed by atoms with van der Waals surface area (Å²) in [4.78, 5) is 18.9. The summed E-state index contributed by atoms with van der Waals surface area (Å²) in [5.74, 6) is -1.03. The van der Waals surface area contributed by atoms with Crippen LogP contribution < -0.4 is 5.32 Å². The number of nitrogens with one attached hydrogen (secondary N) is 2. The number of carbonyl (C=O) groups is 1. The zero-order chi connectivity index (χ0) is 17.0. The van der Waals surface area contributed by atoms with Crippen LogP contribution in [0.5, 0.6) is 0 Å². The summed E-state index contributed by atoms with van der Waals surface area (Å²) in [6, 6.07) is 0. The highest BCUT2D eigenvalue weighted by Crippen LogP contribution is 2.26. The quantitative estimate of drug-likeness (QED) is 0.840. The number of aromatic amines is 1. The Bertz CT molecular complexity index is 664. The van der Waals surface area contributed by atoms with Crippen LogP contribution in [0.4, 0.5) is 19.1 Å². The van der Waals surface area contributed by atoms with Gasteiger partial charge in [-0.15, -0.1) is 5.10 Å². The van der Waals surface area contributed by atoms with Crippen molar-refractivity contribution in [1.82, 2.24) is 25.3 Å². The van der Waals surface area contributed by atoms with Crippen molar-refractivity contribution in [2.24, 2.45) is 0 Å². The average Bonchev–Trinajstić information content (AvgIpc) is 3.07. The van der Waals surface area contributed by atoms with Gasteiger partial charge in [-0.1, -0.05) is 19.0 Å². The Kier molecular flexibility index (Phi) is 4.96. The highest BCUT2D eigenvalue weighted by atomic mass is 19.4. The van der Waals surface area contributed by atoms with Crippen LogP contribution in [0.1, 0.15) is 50.1 Å². The summed E-state index contributed by atoms with van der Waals surface area (Å²) >= 11 is 0. The van der Waals surface area contributed by atoms with E-state index >= 15 is 0 Å². The van der Waals surface area contributed by atoms with Gasteiger partial charge in [0.2, 0.25) is 23.6 Å². The molecule has 0 spiro atoms. The van der Waals surface area contributed by atoms with Crippen molar-refractivity contribution in [2.45, 2.75) is 45.2 Å². The lowest BCUT2D eigenvalue weighted by Gasteiger charge is -2.00.